The Morgan fingerprint density at radius 1 is 1.03 bits per heavy atom. The molecule has 0 spiro atoms. The van der Waals surface area contributed by atoms with Gasteiger partial charge in [0.1, 0.15) is 15.7 Å². The predicted octanol–water partition coefficient (Wildman–Crippen LogP) is 4.77. The molecule has 0 unspecified atom stereocenters. The number of thiazole rings is 1. The molecule has 30 heavy (non-hydrogen) atoms. The Bertz CT molecular complexity index is 1340. The quantitative estimate of drug-likeness (QED) is 0.483. The van der Waals surface area contributed by atoms with Crippen LogP contribution in [-0.2, 0) is 17.1 Å². The second-order valence-corrected chi connectivity index (χ2v) is 9.27. The number of anilines is 1. The Balaban J connectivity index is 1.73. The van der Waals surface area contributed by atoms with Crippen molar-refractivity contribution in [2.45, 2.75) is 18.7 Å². The molecule has 2 aromatic heterocycles. The highest BCUT2D eigenvalue weighted by molar-refractivity contribution is 7.92. The van der Waals surface area contributed by atoms with Crippen molar-refractivity contribution in [2.75, 3.05) is 4.72 Å². The van der Waals surface area contributed by atoms with Crippen LogP contribution in [0.2, 0.25) is 0 Å². The Morgan fingerprint density at radius 3 is 2.37 bits per heavy atom. The molecule has 0 saturated carbocycles. The van der Waals surface area contributed by atoms with Crippen LogP contribution in [0.5, 0.6) is 0 Å². The maximum atomic E-state index is 14.1. The molecule has 4 aromatic rings. The van der Waals surface area contributed by atoms with Gasteiger partial charge in [0.2, 0.25) is 0 Å². The molecule has 9 heteroatoms. The third kappa shape index (κ3) is 3.61. The summed E-state index contributed by atoms with van der Waals surface area (Å²) in [6.45, 7) is 3.37. The number of sulfonamides is 1. The summed E-state index contributed by atoms with van der Waals surface area (Å²) in [6.07, 6.45) is 0. The van der Waals surface area contributed by atoms with E-state index in [2.05, 4.69) is 14.8 Å². The van der Waals surface area contributed by atoms with E-state index in [1.165, 1.54) is 22.1 Å². The van der Waals surface area contributed by atoms with Crippen LogP contribution in [0.25, 0.3) is 21.8 Å². The van der Waals surface area contributed by atoms with Crippen molar-refractivity contribution in [3.8, 4) is 21.8 Å². The second-order valence-electron chi connectivity index (χ2n) is 6.79. The van der Waals surface area contributed by atoms with Crippen molar-refractivity contribution in [1.29, 1.82) is 0 Å². The van der Waals surface area contributed by atoms with Crippen molar-refractivity contribution < 1.29 is 12.8 Å². The Kier molecular flexibility index (Phi) is 5.17. The smallest absolute Gasteiger partial charge is 0.265 e. The molecule has 0 fully saturated rings. The number of hydrogen-bond acceptors (Lipinski definition) is 5. The molecule has 6 nitrogen and oxygen atoms in total. The van der Waals surface area contributed by atoms with Gasteiger partial charge in [-0.25, -0.2) is 17.8 Å². The molecule has 0 radical (unpaired) electrons. The highest BCUT2D eigenvalue weighted by atomic mass is 32.2. The zero-order valence-electron chi connectivity index (χ0n) is 16.5. The van der Waals surface area contributed by atoms with Crippen LogP contribution in [0.1, 0.15) is 11.4 Å². The zero-order valence-corrected chi connectivity index (χ0v) is 18.2. The minimum absolute atomic E-state index is 0.158. The van der Waals surface area contributed by atoms with Crippen LogP contribution in [-0.4, -0.2) is 23.2 Å². The molecular formula is C21H19FN4O2S2. The van der Waals surface area contributed by atoms with E-state index in [-0.39, 0.29) is 10.7 Å². The summed E-state index contributed by atoms with van der Waals surface area (Å²) in [7, 11) is -2.15. The highest BCUT2D eigenvalue weighted by Gasteiger charge is 2.25. The molecule has 2 heterocycles. The molecule has 0 atom stereocenters. The predicted molar refractivity (Wildman–Crippen MR) is 116 cm³/mol. The van der Waals surface area contributed by atoms with Crippen LogP contribution < -0.4 is 4.72 Å². The van der Waals surface area contributed by atoms with Gasteiger partial charge in [-0.05, 0) is 32.0 Å². The molecule has 2 aromatic carbocycles. The van der Waals surface area contributed by atoms with Gasteiger partial charge in [0.25, 0.3) is 10.0 Å². The van der Waals surface area contributed by atoms with Crippen molar-refractivity contribution in [1.82, 2.24) is 14.8 Å². The lowest BCUT2D eigenvalue weighted by atomic mass is 10.1. The van der Waals surface area contributed by atoms with Crippen LogP contribution >= 0.6 is 11.3 Å². The highest BCUT2D eigenvalue weighted by Crippen LogP contribution is 2.34. The lowest BCUT2D eigenvalue weighted by Gasteiger charge is -2.12. The van der Waals surface area contributed by atoms with E-state index in [0.29, 0.717) is 38.9 Å². The van der Waals surface area contributed by atoms with E-state index in [4.69, 9.17) is 0 Å². The fourth-order valence-corrected chi connectivity index (χ4v) is 5.66. The molecule has 0 bridgehead atoms. The lowest BCUT2D eigenvalue weighted by Crippen LogP contribution is -2.15. The number of benzene rings is 2. The maximum Gasteiger partial charge on any atom is 0.265 e. The topological polar surface area (TPSA) is 76.9 Å². The first kappa shape index (κ1) is 20.2. The Hall–Kier alpha value is -3.04. The molecule has 0 aliphatic rings. The van der Waals surface area contributed by atoms with Crippen LogP contribution in [0, 0.1) is 19.7 Å². The van der Waals surface area contributed by atoms with Gasteiger partial charge in [0.05, 0.1) is 22.8 Å². The van der Waals surface area contributed by atoms with Gasteiger partial charge in [-0.3, -0.25) is 9.40 Å². The van der Waals surface area contributed by atoms with E-state index in [9.17, 15) is 12.8 Å². The van der Waals surface area contributed by atoms with E-state index in [1.54, 1.807) is 68.7 Å². The number of nitrogens with one attached hydrogen (secondary N) is 1. The van der Waals surface area contributed by atoms with Crippen LogP contribution in [0.3, 0.4) is 0 Å². The van der Waals surface area contributed by atoms with Gasteiger partial charge >= 0.3 is 0 Å². The van der Waals surface area contributed by atoms with Crippen molar-refractivity contribution >= 4 is 27.0 Å². The Labute approximate surface area is 178 Å². The van der Waals surface area contributed by atoms with Crippen LogP contribution in [0.15, 0.2) is 58.8 Å². The Morgan fingerprint density at radius 2 is 1.70 bits per heavy atom. The molecule has 0 aliphatic heterocycles. The molecule has 0 aliphatic carbocycles. The van der Waals surface area contributed by atoms with Crippen molar-refractivity contribution in [2.24, 2.45) is 7.05 Å². The van der Waals surface area contributed by atoms with Gasteiger partial charge in [0.15, 0.2) is 0 Å². The first-order valence-corrected chi connectivity index (χ1v) is 11.5. The summed E-state index contributed by atoms with van der Waals surface area (Å²) in [5.74, 6) is -0.352. The summed E-state index contributed by atoms with van der Waals surface area (Å²) < 4.78 is 44.5. The number of nitrogens with zero attached hydrogens (tertiary/aromatic N) is 3. The van der Waals surface area contributed by atoms with Crippen molar-refractivity contribution in [3.05, 3.63) is 71.1 Å². The fraction of sp³-hybridized carbons (Fsp3) is 0.143. The maximum absolute atomic E-state index is 14.1. The molecule has 0 saturated heterocycles. The van der Waals surface area contributed by atoms with Gasteiger partial charge in [-0.15, -0.1) is 11.3 Å². The van der Waals surface area contributed by atoms with Crippen LogP contribution in [0.4, 0.5) is 10.1 Å². The zero-order chi connectivity index (χ0) is 21.5. The minimum atomic E-state index is -3.85. The first-order valence-electron chi connectivity index (χ1n) is 9.11. The molecule has 0 amide bonds. The average molecular weight is 443 g/mol. The number of aryl methyl sites for hydroxylation is 2. The standard InChI is InChI=1S/C21H19FN4O2S2/c1-13-20(14(2)26(3)24-13)30(27,28)25-18-11-7-5-9-16(18)19-12-29-21(23-19)15-8-4-6-10-17(15)22/h4-12,25H,1-3H3. The van der Waals surface area contributed by atoms with Gasteiger partial charge in [-0.2, -0.15) is 5.10 Å². The summed E-state index contributed by atoms with van der Waals surface area (Å²) in [6, 6.07) is 13.4. The fourth-order valence-electron chi connectivity index (χ4n) is 3.29. The summed E-state index contributed by atoms with van der Waals surface area (Å²) in [5, 5.41) is 6.51. The van der Waals surface area contributed by atoms with E-state index >= 15 is 0 Å². The van der Waals surface area contributed by atoms with E-state index in [1.807, 2.05) is 0 Å². The number of halogens is 1. The molecule has 4 rings (SSSR count). The van der Waals surface area contributed by atoms with Crippen molar-refractivity contribution in [3.63, 3.8) is 0 Å². The average Bonchev–Trinajstić information content (AvgIpc) is 3.27. The number of para-hydroxylation sites is 1. The lowest BCUT2D eigenvalue weighted by molar-refractivity contribution is 0.599. The van der Waals surface area contributed by atoms with Gasteiger partial charge < -0.3 is 0 Å². The first-order chi connectivity index (χ1) is 14.3. The number of aromatic nitrogens is 3. The second kappa shape index (κ2) is 7.66. The molecule has 1 N–H and O–H groups in total. The minimum Gasteiger partial charge on any atom is -0.279 e. The summed E-state index contributed by atoms with van der Waals surface area (Å²) in [4.78, 5) is 4.70. The number of hydrogen-bond donors (Lipinski definition) is 1. The SMILES string of the molecule is Cc1nn(C)c(C)c1S(=O)(=O)Nc1ccccc1-c1csc(-c2ccccc2F)n1. The largest absolute Gasteiger partial charge is 0.279 e. The molecular weight excluding hydrogens is 423 g/mol. The summed E-state index contributed by atoms with van der Waals surface area (Å²) >= 11 is 1.30. The van der Waals surface area contributed by atoms with Gasteiger partial charge in [0, 0.05) is 23.6 Å². The van der Waals surface area contributed by atoms with E-state index < -0.39 is 10.0 Å². The summed E-state index contributed by atoms with van der Waals surface area (Å²) in [5.41, 5.74) is 2.96. The van der Waals surface area contributed by atoms with Gasteiger partial charge in [-0.1, -0.05) is 30.3 Å². The third-order valence-corrected chi connectivity index (χ3v) is 7.26. The molecule has 154 valence electrons. The normalized spacial score (nSPS) is 11.6. The van der Waals surface area contributed by atoms with E-state index in [0.717, 1.165) is 0 Å². The monoisotopic (exact) mass is 442 g/mol. The number of rotatable bonds is 5. The third-order valence-electron chi connectivity index (χ3n) is 4.77.